The number of hydrogen-bond acceptors (Lipinski definition) is 5. The van der Waals surface area contributed by atoms with Gasteiger partial charge in [0.1, 0.15) is 6.04 Å². The standard InChI is InChI=1S/C10H19N3O4/c1-7(14)13-8(10(16)17-2)6-12-5-3-4-9(11)15/h8,12H,3-6H2,1-2H3,(H2,11,15)(H,13,14). The number of rotatable bonds is 8. The van der Waals surface area contributed by atoms with E-state index in [2.05, 4.69) is 15.4 Å². The molecule has 7 nitrogen and oxygen atoms in total. The number of carbonyl (C=O) groups is 3. The zero-order valence-corrected chi connectivity index (χ0v) is 10.1. The Morgan fingerprint density at radius 2 is 2.00 bits per heavy atom. The molecule has 0 aromatic rings. The lowest BCUT2D eigenvalue weighted by Gasteiger charge is -2.15. The highest BCUT2D eigenvalue weighted by Gasteiger charge is 2.19. The number of primary amides is 1. The smallest absolute Gasteiger partial charge is 0.329 e. The minimum absolute atomic E-state index is 0.255. The number of methoxy groups -OCH3 is 1. The Morgan fingerprint density at radius 1 is 1.35 bits per heavy atom. The molecular weight excluding hydrogens is 226 g/mol. The van der Waals surface area contributed by atoms with Crippen molar-refractivity contribution in [1.29, 1.82) is 0 Å². The molecule has 1 unspecified atom stereocenters. The van der Waals surface area contributed by atoms with E-state index in [0.717, 1.165) is 0 Å². The molecule has 0 saturated heterocycles. The minimum atomic E-state index is -0.717. The summed E-state index contributed by atoms with van der Waals surface area (Å²) in [4.78, 5) is 32.6. The lowest BCUT2D eigenvalue weighted by atomic mass is 10.2. The second kappa shape index (κ2) is 8.51. The first-order valence-electron chi connectivity index (χ1n) is 5.31. The summed E-state index contributed by atoms with van der Waals surface area (Å²) in [5.74, 6) is -1.18. The van der Waals surface area contributed by atoms with E-state index in [9.17, 15) is 14.4 Å². The van der Waals surface area contributed by atoms with Crippen LogP contribution in [0.15, 0.2) is 0 Å². The van der Waals surface area contributed by atoms with Crippen LogP contribution in [-0.2, 0) is 19.1 Å². The first kappa shape index (κ1) is 15.4. The van der Waals surface area contributed by atoms with Gasteiger partial charge in [-0.3, -0.25) is 9.59 Å². The Kier molecular flexibility index (Phi) is 7.70. The number of nitrogens with one attached hydrogen (secondary N) is 2. The zero-order valence-electron chi connectivity index (χ0n) is 10.1. The zero-order chi connectivity index (χ0) is 13.3. The third kappa shape index (κ3) is 8.21. The fraction of sp³-hybridized carbons (Fsp3) is 0.700. The fourth-order valence-corrected chi connectivity index (χ4v) is 1.21. The van der Waals surface area contributed by atoms with Gasteiger partial charge in [0.2, 0.25) is 11.8 Å². The van der Waals surface area contributed by atoms with E-state index < -0.39 is 12.0 Å². The predicted molar refractivity (Wildman–Crippen MR) is 60.9 cm³/mol. The number of hydrogen-bond donors (Lipinski definition) is 3. The van der Waals surface area contributed by atoms with Crippen LogP contribution in [0.1, 0.15) is 19.8 Å². The molecule has 0 spiro atoms. The molecule has 17 heavy (non-hydrogen) atoms. The van der Waals surface area contributed by atoms with Crippen molar-refractivity contribution in [3.63, 3.8) is 0 Å². The van der Waals surface area contributed by atoms with E-state index in [1.54, 1.807) is 0 Å². The van der Waals surface area contributed by atoms with Crippen LogP contribution in [0.5, 0.6) is 0 Å². The number of esters is 1. The molecule has 0 aromatic heterocycles. The predicted octanol–water partition coefficient (Wildman–Crippen LogP) is -1.48. The summed E-state index contributed by atoms with van der Waals surface area (Å²) in [5.41, 5.74) is 4.97. The second-order valence-electron chi connectivity index (χ2n) is 3.55. The Hall–Kier alpha value is -1.63. The molecule has 4 N–H and O–H groups in total. The van der Waals surface area contributed by atoms with Gasteiger partial charge in [-0.05, 0) is 13.0 Å². The van der Waals surface area contributed by atoms with Gasteiger partial charge in [-0.15, -0.1) is 0 Å². The van der Waals surface area contributed by atoms with E-state index in [1.807, 2.05) is 0 Å². The summed E-state index contributed by atoms with van der Waals surface area (Å²) < 4.78 is 4.54. The highest BCUT2D eigenvalue weighted by atomic mass is 16.5. The van der Waals surface area contributed by atoms with Gasteiger partial charge in [-0.2, -0.15) is 0 Å². The maximum atomic E-state index is 11.3. The number of carbonyl (C=O) groups excluding carboxylic acids is 3. The van der Waals surface area contributed by atoms with Gasteiger partial charge in [0.05, 0.1) is 7.11 Å². The summed E-state index contributed by atoms with van der Waals surface area (Å²) in [6.07, 6.45) is 0.874. The Balaban J connectivity index is 3.87. The van der Waals surface area contributed by atoms with Crippen LogP contribution in [0.2, 0.25) is 0 Å². The van der Waals surface area contributed by atoms with Crippen molar-refractivity contribution in [1.82, 2.24) is 10.6 Å². The fourth-order valence-electron chi connectivity index (χ4n) is 1.21. The van der Waals surface area contributed by atoms with Crippen molar-refractivity contribution in [2.24, 2.45) is 5.73 Å². The van der Waals surface area contributed by atoms with Crippen molar-refractivity contribution in [2.45, 2.75) is 25.8 Å². The minimum Gasteiger partial charge on any atom is -0.467 e. The average molecular weight is 245 g/mol. The Morgan fingerprint density at radius 3 is 2.47 bits per heavy atom. The van der Waals surface area contributed by atoms with Crippen molar-refractivity contribution in [2.75, 3.05) is 20.2 Å². The van der Waals surface area contributed by atoms with Crippen LogP contribution in [-0.4, -0.2) is 44.0 Å². The number of amides is 2. The molecule has 7 heteroatoms. The average Bonchev–Trinajstić information content (AvgIpc) is 2.25. The normalized spacial score (nSPS) is 11.6. The quantitative estimate of drug-likeness (QED) is 0.357. The van der Waals surface area contributed by atoms with Crippen molar-refractivity contribution < 1.29 is 19.1 Å². The van der Waals surface area contributed by atoms with Crippen molar-refractivity contribution in [3.8, 4) is 0 Å². The number of ether oxygens (including phenoxy) is 1. The van der Waals surface area contributed by atoms with Gasteiger partial charge in [0, 0.05) is 19.9 Å². The molecule has 0 aliphatic heterocycles. The van der Waals surface area contributed by atoms with E-state index in [1.165, 1.54) is 14.0 Å². The summed E-state index contributed by atoms with van der Waals surface area (Å²) >= 11 is 0. The van der Waals surface area contributed by atoms with Gasteiger partial charge < -0.3 is 21.1 Å². The van der Waals surface area contributed by atoms with E-state index >= 15 is 0 Å². The van der Waals surface area contributed by atoms with Gasteiger partial charge in [-0.1, -0.05) is 0 Å². The lowest BCUT2D eigenvalue weighted by Crippen LogP contribution is -2.47. The summed E-state index contributed by atoms with van der Waals surface area (Å²) in [6.45, 7) is 2.12. The Labute approximate surface area is 100 Å². The van der Waals surface area contributed by atoms with E-state index in [-0.39, 0.29) is 24.8 Å². The van der Waals surface area contributed by atoms with Crippen LogP contribution in [0.3, 0.4) is 0 Å². The molecule has 98 valence electrons. The van der Waals surface area contributed by atoms with E-state index in [0.29, 0.717) is 13.0 Å². The van der Waals surface area contributed by atoms with Gasteiger partial charge in [0.25, 0.3) is 0 Å². The summed E-state index contributed by atoms with van der Waals surface area (Å²) in [6, 6.07) is -0.717. The first-order valence-corrected chi connectivity index (χ1v) is 5.31. The maximum Gasteiger partial charge on any atom is 0.329 e. The third-order valence-corrected chi connectivity index (χ3v) is 1.99. The number of nitrogens with two attached hydrogens (primary N) is 1. The van der Waals surface area contributed by atoms with Crippen LogP contribution in [0, 0.1) is 0 Å². The first-order chi connectivity index (χ1) is 7.97. The van der Waals surface area contributed by atoms with Crippen LogP contribution in [0.4, 0.5) is 0 Å². The van der Waals surface area contributed by atoms with Crippen LogP contribution < -0.4 is 16.4 Å². The molecule has 1 atom stereocenters. The molecule has 0 bridgehead atoms. The topological polar surface area (TPSA) is 111 Å². The molecule has 2 amide bonds. The monoisotopic (exact) mass is 245 g/mol. The van der Waals surface area contributed by atoms with Crippen molar-refractivity contribution in [3.05, 3.63) is 0 Å². The Bertz CT molecular complexity index is 281. The summed E-state index contributed by atoms with van der Waals surface area (Å²) in [7, 11) is 1.25. The molecular formula is C10H19N3O4. The molecule has 0 saturated carbocycles. The molecule has 0 aliphatic carbocycles. The van der Waals surface area contributed by atoms with Crippen LogP contribution >= 0.6 is 0 Å². The van der Waals surface area contributed by atoms with Gasteiger partial charge in [-0.25, -0.2) is 4.79 Å². The molecule has 0 aliphatic rings. The maximum absolute atomic E-state index is 11.3. The second-order valence-corrected chi connectivity index (χ2v) is 3.55. The van der Waals surface area contributed by atoms with Crippen molar-refractivity contribution >= 4 is 17.8 Å². The van der Waals surface area contributed by atoms with Crippen LogP contribution in [0.25, 0.3) is 0 Å². The molecule has 0 heterocycles. The SMILES string of the molecule is COC(=O)C(CNCCCC(N)=O)NC(C)=O. The molecule has 0 fully saturated rings. The van der Waals surface area contributed by atoms with E-state index in [4.69, 9.17) is 5.73 Å². The van der Waals surface area contributed by atoms with Gasteiger partial charge >= 0.3 is 5.97 Å². The lowest BCUT2D eigenvalue weighted by molar-refractivity contribution is -0.144. The molecule has 0 rings (SSSR count). The molecule has 0 aromatic carbocycles. The van der Waals surface area contributed by atoms with Gasteiger partial charge in [0.15, 0.2) is 0 Å². The largest absolute Gasteiger partial charge is 0.467 e. The molecule has 0 radical (unpaired) electrons. The summed E-state index contributed by atoms with van der Waals surface area (Å²) in [5, 5.41) is 5.40. The highest BCUT2D eigenvalue weighted by Crippen LogP contribution is 1.89. The third-order valence-electron chi connectivity index (χ3n) is 1.99. The highest BCUT2D eigenvalue weighted by molar-refractivity contribution is 5.83.